The molecule has 0 radical (unpaired) electrons. The average Bonchev–Trinajstić information content (AvgIpc) is 3.00. The average molecular weight is 278 g/mol. The second-order valence-corrected chi connectivity index (χ2v) is 5.89. The highest BCUT2D eigenvalue weighted by Gasteiger charge is 2.22. The van der Waals surface area contributed by atoms with Crippen LogP contribution in [0.3, 0.4) is 0 Å². The number of ether oxygens (including phenoxy) is 1. The van der Waals surface area contributed by atoms with Crippen molar-refractivity contribution in [1.82, 2.24) is 19.4 Å². The highest BCUT2D eigenvalue weighted by Crippen LogP contribution is 2.18. The molecular weight excluding hydrogens is 260 g/mol. The fourth-order valence-electron chi connectivity index (χ4n) is 2.61. The maximum Gasteiger partial charge on any atom is 0.122 e. The van der Waals surface area contributed by atoms with Crippen LogP contribution in [-0.2, 0) is 24.4 Å². The summed E-state index contributed by atoms with van der Waals surface area (Å²) < 4.78 is 7.58. The molecule has 6 heteroatoms. The minimum Gasteiger partial charge on any atom is -0.384 e. The maximum atomic E-state index is 5.34. The molecule has 3 rings (SSSR count). The molecule has 0 bridgehead atoms. The quantitative estimate of drug-likeness (QED) is 0.852. The largest absolute Gasteiger partial charge is 0.384 e. The second kappa shape index (κ2) is 5.81. The Bertz CT molecular complexity index is 510. The van der Waals surface area contributed by atoms with E-state index in [0.717, 1.165) is 43.6 Å². The van der Waals surface area contributed by atoms with E-state index in [2.05, 4.69) is 25.6 Å². The van der Waals surface area contributed by atoms with Crippen molar-refractivity contribution in [3.05, 3.63) is 34.8 Å². The Kier molecular flexibility index (Phi) is 3.91. The van der Waals surface area contributed by atoms with Crippen LogP contribution in [0.15, 0.2) is 24.0 Å². The Morgan fingerprint density at radius 3 is 3.11 bits per heavy atom. The molecule has 3 heterocycles. The Hall–Kier alpha value is -1.24. The number of fused-ring (bicyclic) bond motifs is 1. The van der Waals surface area contributed by atoms with E-state index < -0.39 is 0 Å². The van der Waals surface area contributed by atoms with Crippen molar-refractivity contribution in [1.29, 1.82) is 0 Å². The van der Waals surface area contributed by atoms with Crippen LogP contribution < -0.4 is 0 Å². The van der Waals surface area contributed by atoms with Crippen LogP contribution in [-0.4, -0.2) is 39.7 Å². The van der Waals surface area contributed by atoms with Crippen LogP contribution >= 0.6 is 11.3 Å². The number of nitrogens with zero attached hydrogens (tertiary/aromatic N) is 4. The summed E-state index contributed by atoms with van der Waals surface area (Å²) >= 11 is 1.71. The van der Waals surface area contributed by atoms with Gasteiger partial charge < -0.3 is 9.30 Å². The minimum absolute atomic E-state index is 0.500. The Balaban J connectivity index is 1.76. The van der Waals surface area contributed by atoms with Crippen molar-refractivity contribution in [3.8, 4) is 0 Å². The number of aromatic nitrogens is 3. The van der Waals surface area contributed by atoms with E-state index in [4.69, 9.17) is 4.74 Å². The number of imidazole rings is 1. The molecule has 0 N–H and O–H groups in total. The lowest BCUT2D eigenvalue weighted by atomic mass is 10.1. The first-order valence-corrected chi connectivity index (χ1v) is 7.33. The molecule has 102 valence electrons. The predicted molar refractivity (Wildman–Crippen MR) is 73.8 cm³/mol. The van der Waals surface area contributed by atoms with Gasteiger partial charge in [-0.2, -0.15) is 0 Å². The minimum atomic E-state index is 0.500. The van der Waals surface area contributed by atoms with E-state index in [0.29, 0.717) is 5.92 Å². The molecular formula is C13H18N4OS. The van der Waals surface area contributed by atoms with Crippen molar-refractivity contribution < 1.29 is 4.74 Å². The van der Waals surface area contributed by atoms with Crippen molar-refractivity contribution in [2.45, 2.75) is 19.6 Å². The number of hydrogen-bond donors (Lipinski definition) is 0. The lowest BCUT2D eigenvalue weighted by Gasteiger charge is -2.22. The molecule has 1 atom stereocenters. The lowest BCUT2D eigenvalue weighted by molar-refractivity contribution is 0.115. The molecule has 0 saturated heterocycles. The molecule has 19 heavy (non-hydrogen) atoms. The van der Waals surface area contributed by atoms with Crippen LogP contribution in [0.5, 0.6) is 0 Å². The molecule has 5 nitrogen and oxygen atoms in total. The SMILES string of the molecule is COC[C@H]1CN(Cc2nccs2)Cc2nccn2C1. The van der Waals surface area contributed by atoms with Gasteiger partial charge in [-0.05, 0) is 0 Å². The third-order valence-electron chi connectivity index (χ3n) is 3.38. The van der Waals surface area contributed by atoms with E-state index >= 15 is 0 Å². The standard InChI is InChI=1S/C13H18N4OS/c1-18-10-11-6-16(9-13-15-3-5-19-13)8-12-14-2-4-17(12)7-11/h2-5,11H,6-10H2,1H3/t11-/m0/s1. The predicted octanol–water partition coefficient (Wildman–Crippen LogP) is 1.62. The number of methoxy groups -OCH3 is 1. The van der Waals surface area contributed by atoms with Gasteiger partial charge in [-0.15, -0.1) is 11.3 Å². The van der Waals surface area contributed by atoms with E-state index in [9.17, 15) is 0 Å². The van der Waals surface area contributed by atoms with Gasteiger partial charge in [-0.1, -0.05) is 0 Å². The zero-order valence-electron chi connectivity index (χ0n) is 11.0. The highest BCUT2D eigenvalue weighted by atomic mass is 32.1. The fourth-order valence-corrected chi connectivity index (χ4v) is 3.27. The van der Waals surface area contributed by atoms with Crippen LogP contribution in [0.2, 0.25) is 0 Å². The summed E-state index contributed by atoms with van der Waals surface area (Å²) in [5, 5.41) is 3.19. The molecule has 0 unspecified atom stereocenters. The summed E-state index contributed by atoms with van der Waals surface area (Å²) in [6, 6.07) is 0. The molecule has 0 amide bonds. The van der Waals surface area contributed by atoms with E-state index in [1.807, 2.05) is 17.8 Å². The van der Waals surface area contributed by atoms with Gasteiger partial charge in [0.15, 0.2) is 0 Å². The monoisotopic (exact) mass is 278 g/mol. The first kappa shape index (κ1) is 12.8. The van der Waals surface area contributed by atoms with Crippen molar-refractivity contribution in [2.24, 2.45) is 5.92 Å². The van der Waals surface area contributed by atoms with Gasteiger partial charge in [0.25, 0.3) is 0 Å². The van der Waals surface area contributed by atoms with E-state index in [1.54, 1.807) is 18.4 Å². The normalized spacial score (nSPS) is 20.2. The van der Waals surface area contributed by atoms with Crippen LogP contribution in [0.4, 0.5) is 0 Å². The summed E-state index contributed by atoms with van der Waals surface area (Å²) in [4.78, 5) is 11.2. The molecule has 0 saturated carbocycles. The zero-order chi connectivity index (χ0) is 13.1. The third-order valence-corrected chi connectivity index (χ3v) is 4.15. The molecule has 1 aliphatic rings. The van der Waals surface area contributed by atoms with Gasteiger partial charge in [0.1, 0.15) is 10.8 Å². The molecule has 0 fully saturated rings. The topological polar surface area (TPSA) is 43.2 Å². The molecule has 2 aromatic heterocycles. The van der Waals surface area contributed by atoms with Crippen molar-refractivity contribution in [2.75, 3.05) is 20.3 Å². The lowest BCUT2D eigenvalue weighted by Crippen LogP contribution is -2.29. The Morgan fingerprint density at radius 2 is 2.32 bits per heavy atom. The molecule has 1 aliphatic heterocycles. The number of thiazole rings is 1. The van der Waals surface area contributed by atoms with Crippen molar-refractivity contribution in [3.63, 3.8) is 0 Å². The second-order valence-electron chi connectivity index (χ2n) is 4.91. The van der Waals surface area contributed by atoms with Crippen LogP contribution in [0.1, 0.15) is 10.8 Å². The van der Waals surface area contributed by atoms with Gasteiger partial charge in [0.2, 0.25) is 0 Å². The summed E-state index contributed by atoms with van der Waals surface area (Å²) in [6.45, 7) is 4.57. The van der Waals surface area contributed by atoms with Gasteiger partial charge in [-0.25, -0.2) is 9.97 Å². The fraction of sp³-hybridized carbons (Fsp3) is 0.538. The van der Waals surface area contributed by atoms with Crippen LogP contribution in [0.25, 0.3) is 0 Å². The van der Waals surface area contributed by atoms with Crippen molar-refractivity contribution >= 4 is 11.3 Å². The van der Waals surface area contributed by atoms with E-state index in [1.165, 1.54) is 0 Å². The summed E-state index contributed by atoms with van der Waals surface area (Å²) in [5.74, 6) is 1.63. The molecule has 2 aromatic rings. The number of hydrogen-bond acceptors (Lipinski definition) is 5. The first-order chi connectivity index (χ1) is 9.35. The maximum absolute atomic E-state index is 5.34. The third kappa shape index (κ3) is 3.02. The highest BCUT2D eigenvalue weighted by molar-refractivity contribution is 7.09. The molecule has 0 spiro atoms. The summed E-state index contributed by atoms with van der Waals surface area (Å²) in [5.41, 5.74) is 0. The molecule has 0 aliphatic carbocycles. The zero-order valence-corrected chi connectivity index (χ0v) is 11.8. The van der Waals surface area contributed by atoms with Gasteiger partial charge in [-0.3, -0.25) is 4.90 Å². The van der Waals surface area contributed by atoms with Gasteiger partial charge in [0, 0.05) is 50.1 Å². The summed E-state index contributed by atoms with van der Waals surface area (Å²) in [7, 11) is 1.77. The Morgan fingerprint density at radius 1 is 1.37 bits per heavy atom. The number of rotatable bonds is 4. The molecule has 0 aromatic carbocycles. The van der Waals surface area contributed by atoms with E-state index in [-0.39, 0.29) is 0 Å². The van der Waals surface area contributed by atoms with Gasteiger partial charge in [0.05, 0.1) is 19.7 Å². The first-order valence-electron chi connectivity index (χ1n) is 6.45. The van der Waals surface area contributed by atoms with Gasteiger partial charge >= 0.3 is 0 Å². The van der Waals surface area contributed by atoms with Crippen LogP contribution in [0, 0.1) is 5.92 Å². The Labute approximate surface area is 116 Å². The summed E-state index contributed by atoms with van der Waals surface area (Å²) in [6.07, 6.45) is 5.81. The smallest absolute Gasteiger partial charge is 0.122 e.